The third-order valence-electron chi connectivity index (χ3n) is 4.36. The monoisotopic (exact) mass is 383 g/mol. The molecule has 0 unspecified atom stereocenters. The first-order valence-electron chi connectivity index (χ1n) is 9.35. The zero-order valence-electron chi connectivity index (χ0n) is 17.2. The molecule has 1 N–H and O–H groups in total. The van der Waals surface area contributed by atoms with Gasteiger partial charge in [0.2, 0.25) is 0 Å². The standard InChI is InChI=1S/C23H29NO4/c1-6-7-17-8-13-20(21(14-17)27-5)28-15-22(25)24-23(16(2)3)18-9-11-19(26-4)12-10-18/h6-14,16,23H,15H2,1-5H3,(H,24,25)/b7-6-/t23-/m1/s1. The fourth-order valence-electron chi connectivity index (χ4n) is 2.90. The second-order valence-corrected chi connectivity index (χ2v) is 6.76. The van der Waals surface area contributed by atoms with E-state index in [0.29, 0.717) is 11.5 Å². The molecule has 0 heterocycles. The SMILES string of the molecule is C/C=C\c1ccc(OCC(=O)N[C@@H](c2ccc(OC)cc2)C(C)C)c(OC)c1. The molecule has 5 heteroatoms. The van der Waals surface area contributed by atoms with Crippen molar-refractivity contribution in [1.29, 1.82) is 0 Å². The van der Waals surface area contributed by atoms with Crippen LogP contribution in [0.3, 0.4) is 0 Å². The van der Waals surface area contributed by atoms with Crippen LogP contribution in [0.4, 0.5) is 0 Å². The highest BCUT2D eigenvalue weighted by atomic mass is 16.5. The van der Waals surface area contributed by atoms with E-state index in [1.165, 1.54) is 0 Å². The van der Waals surface area contributed by atoms with Crippen LogP contribution in [-0.2, 0) is 4.79 Å². The van der Waals surface area contributed by atoms with E-state index >= 15 is 0 Å². The molecule has 2 aromatic rings. The summed E-state index contributed by atoms with van der Waals surface area (Å²) in [6.45, 7) is 6.01. The van der Waals surface area contributed by atoms with Gasteiger partial charge in [-0.25, -0.2) is 0 Å². The highest BCUT2D eigenvalue weighted by molar-refractivity contribution is 5.78. The van der Waals surface area contributed by atoms with Crippen molar-refractivity contribution < 1.29 is 19.0 Å². The van der Waals surface area contributed by atoms with Crippen LogP contribution < -0.4 is 19.5 Å². The van der Waals surface area contributed by atoms with Gasteiger partial charge in [-0.15, -0.1) is 0 Å². The Morgan fingerprint density at radius 2 is 1.75 bits per heavy atom. The average Bonchev–Trinajstić information content (AvgIpc) is 2.71. The van der Waals surface area contributed by atoms with Crippen LogP contribution in [0, 0.1) is 5.92 Å². The van der Waals surface area contributed by atoms with Crippen LogP contribution in [0.15, 0.2) is 48.5 Å². The molecule has 150 valence electrons. The third kappa shape index (κ3) is 5.78. The zero-order chi connectivity index (χ0) is 20.5. The molecule has 0 aliphatic carbocycles. The number of hydrogen-bond acceptors (Lipinski definition) is 4. The minimum Gasteiger partial charge on any atom is -0.497 e. The van der Waals surface area contributed by atoms with Crippen molar-refractivity contribution in [3.05, 3.63) is 59.7 Å². The van der Waals surface area contributed by atoms with Gasteiger partial charge in [0.25, 0.3) is 5.91 Å². The Bertz CT molecular complexity index is 797. The lowest BCUT2D eigenvalue weighted by Gasteiger charge is -2.23. The van der Waals surface area contributed by atoms with Crippen molar-refractivity contribution in [3.8, 4) is 17.2 Å². The molecule has 0 aliphatic heterocycles. The summed E-state index contributed by atoms with van der Waals surface area (Å²) in [6.07, 6.45) is 3.93. The van der Waals surface area contributed by atoms with Crippen LogP contribution in [-0.4, -0.2) is 26.7 Å². The highest BCUT2D eigenvalue weighted by Gasteiger charge is 2.19. The lowest BCUT2D eigenvalue weighted by Crippen LogP contribution is -2.35. The maximum atomic E-state index is 12.5. The normalized spacial score (nSPS) is 12.1. The maximum absolute atomic E-state index is 12.5. The van der Waals surface area contributed by atoms with Gasteiger partial charge < -0.3 is 19.5 Å². The van der Waals surface area contributed by atoms with Gasteiger partial charge in [-0.2, -0.15) is 0 Å². The number of benzene rings is 2. The molecule has 0 bridgehead atoms. The largest absolute Gasteiger partial charge is 0.497 e. The van der Waals surface area contributed by atoms with Gasteiger partial charge in [-0.1, -0.05) is 44.2 Å². The van der Waals surface area contributed by atoms with E-state index in [-0.39, 0.29) is 24.5 Å². The lowest BCUT2D eigenvalue weighted by atomic mass is 9.96. The van der Waals surface area contributed by atoms with Gasteiger partial charge in [0.05, 0.1) is 20.3 Å². The Morgan fingerprint density at radius 1 is 1.04 bits per heavy atom. The summed E-state index contributed by atoms with van der Waals surface area (Å²) in [4.78, 5) is 12.5. The first-order chi connectivity index (χ1) is 13.5. The van der Waals surface area contributed by atoms with E-state index < -0.39 is 0 Å². The van der Waals surface area contributed by atoms with Crippen molar-refractivity contribution in [2.45, 2.75) is 26.8 Å². The minimum atomic E-state index is -0.186. The van der Waals surface area contributed by atoms with Gasteiger partial charge >= 0.3 is 0 Å². The van der Waals surface area contributed by atoms with E-state index in [9.17, 15) is 4.79 Å². The van der Waals surface area contributed by atoms with E-state index in [0.717, 1.165) is 16.9 Å². The Labute approximate surface area is 167 Å². The molecule has 1 amide bonds. The molecule has 0 saturated heterocycles. The molecule has 0 saturated carbocycles. The number of nitrogens with one attached hydrogen (secondary N) is 1. The Morgan fingerprint density at radius 3 is 2.32 bits per heavy atom. The first-order valence-corrected chi connectivity index (χ1v) is 9.35. The number of amides is 1. The van der Waals surface area contributed by atoms with Crippen molar-refractivity contribution in [3.63, 3.8) is 0 Å². The fourth-order valence-corrected chi connectivity index (χ4v) is 2.90. The quantitative estimate of drug-likeness (QED) is 0.686. The molecule has 28 heavy (non-hydrogen) atoms. The van der Waals surface area contributed by atoms with E-state index in [2.05, 4.69) is 19.2 Å². The van der Waals surface area contributed by atoms with Crippen molar-refractivity contribution in [2.75, 3.05) is 20.8 Å². The van der Waals surface area contributed by atoms with Crippen LogP contribution >= 0.6 is 0 Å². The van der Waals surface area contributed by atoms with Crippen molar-refractivity contribution >= 4 is 12.0 Å². The van der Waals surface area contributed by atoms with E-state index in [4.69, 9.17) is 14.2 Å². The summed E-state index contributed by atoms with van der Waals surface area (Å²) < 4.78 is 16.3. The number of ether oxygens (including phenoxy) is 3. The molecule has 0 aliphatic rings. The van der Waals surface area contributed by atoms with E-state index in [1.54, 1.807) is 14.2 Å². The number of rotatable bonds is 9. The molecular weight excluding hydrogens is 354 g/mol. The molecule has 1 atom stereocenters. The topological polar surface area (TPSA) is 56.8 Å². The molecular formula is C23H29NO4. The van der Waals surface area contributed by atoms with Crippen molar-refractivity contribution in [1.82, 2.24) is 5.32 Å². The zero-order valence-corrected chi connectivity index (χ0v) is 17.2. The number of hydrogen-bond donors (Lipinski definition) is 1. The van der Waals surface area contributed by atoms with Gasteiger partial charge in [-0.3, -0.25) is 4.79 Å². The molecule has 2 rings (SSSR count). The first kappa shape index (κ1) is 21.4. The van der Waals surface area contributed by atoms with Crippen LogP contribution in [0.1, 0.15) is 37.9 Å². The van der Waals surface area contributed by atoms with Gasteiger partial charge in [0, 0.05) is 0 Å². The highest BCUT2D eigenvalue weighted by Crippen LogP contribution is 2.29. The summed E-state index contributed by atoms with van der Waals surface area (Å²) in [5.41, 5.74) is 2.04. The second-order valence-electron chi connectivity index (χ2n) is 6.76. The molecule has 0 fully saturated rings. The molecule has 0 aromatic heterocycles. The van der Waals surface area contributed by atoms with Crippen LogP contribution in [0.5, 0.6) is 17.2 Å². The van der Waals surface area contributed by atoms with Crippen molar-refractivity contribution in [2.24, 2.45) is 5.92 Å². The molecule has 2 aromatic carbocycles. The molecule has 5 nitrogen and oxygen atoms in total. The van der Waals surface area contributed by atoms with Gasteiger partial charge in [0.15, 0.2) is 18.1 Å². The summed E-state index contributed by atoms with van der Waals surface area (Å²) in [5.74, 6) is 1.96. The predicted molar refractivity (Wildman–Crippen MR) is 112 cm³/mol. The third-order valence-corrected chi connectivity index (χ3v) is 4.36. The Kier molecular flexibility index (Phi) is 7.93. The number of allylic oxidation sites excluding steroid dienone is 1. The second kappa shape index (κ2) is 10.4. The summed E-state index contributed by atoms with van der Waals surface area (Å²) in [5, 5.41) is 3.05. The molecule has 0 radical (unpaired) electrons. The smallest absolute Gasteiger partial charge is 0.258 e. The Balaban J connectivity index is 2.03. The Hall–Kier alpha value is -2.95. The summed E-state index contributed by atoms with van der Waals surface area (Å²) in [7, 11) is 3.22. The number of carbonyl (C=O) groups excluding carboxylic acids is 1. The average molecular weight is 383 g/mol. The van der Waals surface area contributed by atoms with Gasteiger partial charge in [0.1, 0.15) is 5.75 Å². The van der Waals surface area contributed by atoms with E-state index in [1.807, 2.05) is 61.5 Å². The number of carbonyl (C=O) groups is 1. The molecule has 0 spiro atoms. The lowest BCUT2D eigenvalue weighted by molar-refractivity contribution is -0.124. The maximum Gasteiger partial charge on any atom is 0.258 e. The summed E-state index contributed by atoms with van der Waals surface area (Å²) in [6, 6.07) is 13.2. The summed E-state index contributed by atoms with van der Waals surface area (Å²) >= 11 is 0. The van der Waals surface area contributed by atoms with Crippen LogP contribution in [0.25, 0.3) is 6.08 Å². The predicted octanol–water partition coefficient (Wildman–Crippen LogP) is 4.63. The number of methoxy groups -OCH3 is 2. The van der Waals surface area contributed by atoms with Crippen LogP contribution in [0.2, 0.25) is 0 Å². The minimum absolute atomic E-state index is 0.0846. The van der Waals surface area contributed by atoms with Gasteiger partial charge in [-0.05, 0) is 48.2 Å². The fraction of sp³-hybridized carbons (Fsp3) is 0.348.